The number of nitrogens with one attached hydrogen (secondary N) is 2. The van der Waals surface area contributed by atoms with Crippen LogP contribution < -0.4 is 14.8 Å². The molecule has 0 bridgehead atoms. The topological polar surface area (TPSA) is 84.5 Å². The van der Waals surface area contributed by atoms with Crippen molar-refractivity contribution in [3.05, 3.63) is 59.2 Å². The zero-order valence-electron chi connectivity index (χ0n) is 16.2. The largest absolute Gasteiger partial charge is 0.493 e. The molecule has 28 heavy (non-hydrogen) atoms. The van der Waals surface area contributed by atoms with Crippen molar-refractivity contribution in [1.29, 1.82) is 0 Å². The molecule has 1 saturated carbocycles. The Labute approximate surface area is 166 Å². The maximum Gasteiger partial charge on any atom is 0.240 e. The Morgan fingerprint density at radius 1 is 1.07 bits per heavy atom. The first-order chi connectivity index (χ1) is 13.3. The van der Waals surface area contributed by atoms with E-state index in [1.807, 2.05) is 32.0 Å². The second-order valence-corrected chi connectivity index (χ2v) is 8.87. The quantitative estimate of drug-likeness (QED) is 0.675. The van der Waals surface area contributed by atoms with Gasteiger partial charge in [-0.25, -0.2) is 13.1 Å². The van der Waals surface area contributed by atoms with E-state index >= 15 is 0 Å². The zero-order chi connectivity index (χ0) is 20.1. The monoisotopic (exact) mass is 402 g/mol. The van der Waals surface area contributed by atoms with Gasteiger partial charge in [0.05, 0.1) is 17.9 Å². The van der Waals surface area contributed by atoms with Gasteiger partial charge in [-0.05, 0) is 67.6 Å². The normalized spacial score (nSPS) is 13.9. The summed E-state index contributed by atoms with van der Waals surface area (Å²) in [6, 6.07) is 12.5. The molecule has 2 N–H and O–H groups in total. The van der Waals surface area contributed by atoms with E-state index in [9.17, 15) is 13.2 Å². The molecule has 0 spiro atoms. The van der Waals surface area contributed by atoms with Crippen LogP contribution in [0.5, 0.6) is 5.75 Å². The zero-order valence-corrected chi connectivity index (χ0v) is 17.0. The lowest BCUT2D eigenvalue weighted by atomic mass is 10.1. The van der Waals surface area contributed by atoms with Gasteiger partial charge in [-0.2, -0.15) is 0 Å². The van der Waals surface area contributed by atoms with Crippen molar-refractivity contribution >= 4 is 15.9 Å². The van der Waals surface area contributed by atoms with E-state index in [2.05, 4.69) is 10.0 Å². The second-order valence-electron chi connectivity index (χ2n) is 7.16. The first-order valence-electron chi connectivity index (χ1n) is 9.41. The molecular formula is C21H26N2O4S. The molecule has 0 aliphatic heterocycles. The third kappa shape index (κ3) is 5.81. The highest BCUT2D eigenvalue weighted by atomic mass is 32.2. The van der Waals surface area contributed by atoms with Gasteiger partial charge >= 0.3 is 0 Å². The molecule has 150 valence electrons. The minimum Gasteiger partial charge on any atom is -0.493 e. The van der Waals surface area contributed by atoms with E-state index < -0.39 is 10.0 Å². The summed E-state index contributed by atoms with van der Waals surface area (Å²) in [6.07, 6.45) is 2.05. The van der Waals surface area contributed by atoms with Gasteiger partial charge in [0, 0.05) is 12.6 Å². The highest BCUT2D eigenvalue weighted by Crippen LogP contribution is 2.22. The Morgan fingerprint density at radius 2 is 1.79 bits per heavy atom. The van der Waals surface area contributed by atoms with E-state index in [4.69, 9.17) is 4.74 Å². The van der Waals surface area contributed by atoms with Gasteiger partial charge in [-0.3, -0.25) is 4.79 Å². The van der Waals surface area contributed by atoms with Crippen molar-refractivity contribution in [2.24, 2.45) is 0 Å². The van der Waals surface area contributed by atoms with Crippen LogP contribution in [0.3, 0.4) is 0 Å². The Hall–Kier alpha value is -2.38. The summed E-state index contributed by atoms with van der Waals surface area (Å²) < 4.78 is 32.5. The van der Waals surface area contributed by atoms with E-state index in [0.717, 1.165) is 29.7 Å². The summed E-state index contributed by atoms with van der Waals surface area (Å²) in [5.41, 5.74) is 3.20. The van der Waals surface area contributed by atoms with Crippen LogP contribution >= 0.6 is 0 Å². The van der Waals surface area contributed by atoms with E-state index in [1.54, 1.807) is 24.3 Å². The van der Waals surface area contributed by atoms with Crippen molar-refractivity contribution in [3.63, 3.8) is 0 Å². The molecule has 1 aliphatic rings. The molecule has 1 aliphatic carbocycles. The fraction of sp³-hybridized carbons (Fsp3) is 0.381. The minimum absolute atomic E-state index is 0.0787. The maximum absolute atomic E-state index is 12.1. The molecule has 2 aromatic rings. The fourth-order valence-corrected chi connectivity index (χ4v) is 3.93. The molecule has 0 radical (unpaired) electrons. The summed E-state index contributed by atoms with van der Waals surface area (Å²) >= 11 is 0. The number of hydrogen-bond donors (Lipinski definition) is 2. The van der Waals surface area contributed by atoms with Crippen molar-refractivity contribution < 1.29 is 17.9 Å². The highest BCUT2D eigenvalue weighted by molar-refractivity contribution is 7.89. The molecule has 7 heteroatoms. The molecule has 0 unspecified atom stereocenters. The number of carbonyl (C=O) groups is 1. The molecular weight excluding hydrogens is 376 g/mol. The Balaban J connectivity index is 1.42. The van der Waals surface area contributed by atoms with Gasteiger partial charge in [0.25, 0.3) is 0 Å². The summed E-state index contributed by atoms with van der Waals surface area (Å²) in [7, 11) is -3.44. The van der Waals surface area contributed by atoms with E-state index in [0.29, 0.717) is 13.2 Å². The predicted molar refractivity (Wildman–Crippen MR) is 108 cm³/mol. The van der Waals surface area contributed by atoms with Gasteiger partial charge in [-0.15, -0.1) is 0 Å². The van der Waals surface area contributed by atoms with Gasteiger partial charge < -0.3 is 10.1 Å². The molecule has 1 fully saturated rings. The molecule has 2 aromatic carbocycles. The lowest BCUT2D eigenvalue weighted by Crippen LogP contribution is -2.26. The second kappa shape index (κ2) is 8.75. The predicted octanol–water partition coefficient (Wildman–Crippen LogP) is 2.83. The van der Waals surface area contributed by atoms with Gasteiger partial charge in [0.15, 0.2) is 0 Å². The molecule has 0 heterocycles. The number of rotatable bonds is 9. The van der Waals surface area contributed by atoms with Crippen LogP contribution in [0.25, 0.3) is 0 Å². The first kappa shape index (κ1) is 20.4. The first-order valence-corrected chi connectivity index (χ1v) is 10.9. The number of hydrogen-bond acceptors (Lipinski definition) is 4. The van der Waals surface area contributed by atoms with Crippen LogP contribution in [0.1, 0.15) is 36.0 Å². The van der Waals surface area contributed by atoms with Crippen LogP contribution in [0.2, 0.25) is 0 Å². The number of benzene rings is 2. The number of carbonyl (C=O) groups excluding carboxylic acids is 1. The molecule has 0 aromatic heterocycles. The van der Waals surface area contributed by atoms with Crippen LogP contribution in [0.15, 0.2) is 47.4 Å². The lowest BCUT2D eigenvalue weighted by molar-refractivity contribution is -0.121. The number of amides is 1. The van der Waals surface area contributed by atoms with Crippen molar-refractivity contribution in [2.75, 3.05) is 6.61 Å². The summed E-state index contributed by atoms with van der Waals surface area (Å²) in [5.74, 6) is 0.642. The molecule has 3 rings (SSSR count). The summed E-state index contributed by atoms with van der Waals surface area (Å²) in [6.45, 7) is 4.71. The Bertz CT molecular complexity index is 935. The maximum atomic E-state index is 12.1. The Morgan fingerprint density at radius 3 is 2.43 bits per heavy atom. The highest BCUT2D eigenvalue weighted by Gasteiger charge is 2.27. The number of aryl methyl sites for hydroxylation is 2. The fourth-order valence-electron chi connectivity index (χ4n) is 2.63. The number of ether oxygens (including phenoxy) is 1. The minimum atomic E-state index is -3.44. The molecule has 1 amide bonds. The summed E-state index contributed by atoms with van der Waals surface area (Å²) in [5, 5.41) is 2.82. The third-order valence-electron chi connectivity index (χ3n) is 4.70. The smallest absolute Gasteiger partial charge is 0.240 e. The van der Waals surface area contributed by atoms with Crippen molar-refractivity contribution in [3.8, 4) is 5.75 Å². The van der Waals surface area contributed by atoms with Gasteiger partial charge in [0.1, 0.15) is 5.75 Å². The van der Waals surface area contributed by atoms with Crippen LogP contribution in [-0.4, -0.2) is 27.0 Å². The van der Waals surface area contributed by atoms with Crippen LogP contribution in [0, 0.1) is 13.8 Å². The van der Waals surface area contributed by atoms with Crippen molar-refractivity contribution in [1.82, 2.24) is 10.0 Å². The standard InChI is InChI=1S/C21H26N2O4S/c1-15-3-8-19(13-16(15)2)27-12-11-21(24)22-14-17-4-9-20(10-5-17)28(25,26)23-18-6-7-18/h3-5,8-10,13,18,23H,6-7,11-12,14H2,1-2H3,(H,22,24). The Kier molecular flexibility index (Phi) is 6.36. The van der Waals surface area contributed by atoms with Crippen LogP contribution in [-0.2, 0) is 21.4 Å². The number of sulfonamides is 1. The average Bonchev–Trinajstić information content (AvgIpc) is 3.46. The lowest BCUT2D eigenvalue weighted by Gasteiger charge is -2.10. The molecule has 0 saturated heterocycles. The SMILES string of the molecule is Cc1ccc(OCCC(=O)NCc2ccc(S(=O)(=O)NC3CC3)cc2)cc1C. The van der Waals surface area contributed by atoms with Gasteiger partial charge in [0.2, 0.25) is 15.9 Å². The van der Waals surface area contributed by atoms with Crippen LogP contribution in [0.4, 0.5) is 0 Å². The third-order valence-corrected chi connectivity index (χ3v) is 6.24. The van der Waals surface area contributed by atoms with Gasteiger partial charge in [-0.1, -0.05) is 18.2 Å². The average molecular weight is 403 g/mol. The van der Waals surface area contributed by atoms with Crippen molar-refractivity contribution in [2.45, 2.75) is 50.6 Å². The van der Waals surface area contributed by atoms with E-state index in [-0.39, 0.29) is 23.3 Å². The van der Waals surface area contributed by atoms with E-state index in [1.165, 1.54) is 5.56 Å². The molecule has 6 nitrogen and oxygen atoms in total. The molecule has 0 atom stereocenters. The summed E-state index contributed by atoms with van der Waals surface area (Å²) in [4.78, 5) is 12.2.